The average Bonchev–Trinajstić information content (AvgIpc) is 2.94. The van der Waals surface area contributed by atoms with E-state index in [4.69, 9.17) is 9.57 Å². The number of aryl methyl sites for hydroxylation is 1. The fourth-order valence-corrected chi connectivity index (χ4v) is 4.84. The van der Waals surface area contributed by atoms with Crippen molar-refractivity contribution >= 4 is 32.4 Å². The highest BCUT2D eigenvalue weighted by molar-refractivity contribution is 7.89. The number of hydrogen-bond acceptors (Lipinski definition) is 7. The molecule has 1 aromatic heterocycles. The van der Waals surface area contributed by atoms with Gasteiger partial charge in [0.25, 0.3) is 10.0 Å². The number of hydroxylamine groups is 1. The number of aromatic nitrogens is 1. The molecule has 0 aliphatic carbocycles. The van der Waals surface area contributed by atoms with E-state index >= 15 is 0 Å². The molecule has 1 amide bonds. The second-order valence-electron chi connectivity index (χ2n) is 5.29. The van der Waals surface area contributed by atoms with Crippen LogP contribution in [-0.2, 0) is 19.7 Å². The summed E-state index contributed by atoms with van der Waals surface area (Å²) < 4.78 is 31.8. The lowest BCUT2D eigenvalue weighted by molar-refractivity contribution is -0.114. The van der Waals surface area contributed by atoms with Crippen LogP contribution in [-0.4, -0.2) is 44.5 Å². The van der Waals surface area contributed by atoms with Crippen LogP contribution in [0, 0.1) is 6.92 Å². The van der Waals surface area contributed by atoms with Gasteiger partial charge in [0.15, 0.2) is 5.13 Å². The smallest absolute Gasteiger partial charge is 0.268 e. The number of benzene rings is 1. The fraction of sp³-hybridized carbons (Fsp3) is 0.375. The minimum absolute atomic E-state index is 0.00456. The lowest BCUT2D eigenvalue weighted by atomic mass is 10.1. The molecule has 0 saturated carbocycles. The Morgan fingerprint density at radius 2 is 2.04 bits per heavy atom. The molecule has 0 bridgehead atoms. The molecule has 0 unspecified atom stereocenters. The van der Waals surface area contributed by atoms with E-state index in [0.29, 0.717) is 16.4 Å². The summed E-state index contributed by atoms with van der Waals surface area (Å²) in [6.07, 6.45) is 0. The Kier molecular flexibility index (Phi) is 6.34. The van der Waals surface area contributed by atoms with Gasteiger partial charge in [-0.25, -0.2) is 13.4 Å². The molecule has 2 aromatic rings. The second-order valence-corrected chi connectivity index (χ2v) is 8.08. The number of thiazole rings is 1. The number of carbonyl (C=O) groups is 1. The fourth-order valence-electron chi connectivity index (χ4n) is 2.39. The molecule has 8 nitrogen and oxygen atoms in total. The van der Waals surface area contributed by atoms with Crippen LogP contribution >= 0.6 is 11.3 Å². The maximum Gasteiger partial charge on any atom is 0.268 e. The van der Waals surface area contributed by atoms with Crippen LogP contribution in [0.4, 0.5) is 5.13 Å². The number of amides is 1. The van der Waals surface area contributed by atoms with E-state index in [1.807, 2.05) is 0 Å². The van der Waals surface area contributed by atoms with Crippen molar-refractivity contribution in [2.75, 3.05) is 26.1 Å². The lowest BCUT2D eigenvalue weighted by Crippen LogP contribution is -2.30. The molecule has 142 valence electrons. The molecule has 26 heavy (non-hydrogen) atoms. The summed E-state index contributed by atoms with van der Waals surface area (Å²) in [5.41, 5.74) is 1.34. The van der Waals surface area contributed by atoms with Gasteiger partial charge < -0.3 is 10.1 Å². The highest BCUT2D eigenvalue weighted by atomic mass is 32.2. The van der Waals surface area contributed by atoms with Gasteiger partial charge in [0.2, 0.25) is 5.91 Å². The Hall–Kier alpha value is -2.01. The van der Waals surface area contributed by atoms with Crippen molar-refractivity contribution in [3.8, 4) is 16.2 Å². The van der Waals surface area contributed by atoms with E-state index in [0.717, 1.165) is 9.35 Å². The Morgan fingerprint density at radius 3 is 2.58 bits per heavy atom. The number of rotatable bonds is 7. The summed E-state index contributed by atoms with van der Waals surface area (Å²) in [7, 11) is -1.20. The minimum Gasteiger partial charge on any atom is -0.495 e. The van der Waals surface area contributed by atoms with Gasteiger partial charge in [-0.2, -0.15) is 0 Å². The predicted octanol–water partition coefficient (Wildman–Crippen LogP) is 2.66. The first kappa shape index (κ1) is 20.3. The first-order chi connectivity index (χ1) is 12.2. The van der Waals surface area contributed by atoms with Crippen LogP contribution in [0.15, 0.2) is 23.1 Å². The van der Waals surface area contributed by atoms with Crippen LogP contribution < -0.4 is 10.1 Å². The van der Waals surface area contributed by atoms with E-state index in [9.17, 15) is 13.2 Å². The van der Waals surface area contributed by atoms with E-state index in [-0.39, 0.29) is 23.1 Å². The molecular weight excluding hydrogens is 378 g/mol. The zero-order valence-electron chi connectivity index (χ0n) is 15.2. The van der Waals surface area contributed by atoms with Crippen molar-refractivity contribution in [3.05, 3.63) is 23.9 Å². The Bertz CT molecular complexity index is 905. The van der Waals surface area contributed by atoms with Crippen LogP contribution in [0.25, 0.3) is 10.4 Å². The first-order valence-corrected chi connectivity index (χ1v) is 10.0. The number of ether oxygens (including phenoxy) is 1. The molecule has 0 fully saturated rings. The van der Waals surface area contributed by atoms with Gasteiger partial charge in [-0.05, 0) is 37.6 Å². The summed E-state index contributed by atoms with van der Waals surface area (Å²) in [6.45, 7) is 5.02. The standard InChI is InChI=1S/C16H21N3O5S2/c1-6-19(24-5)26(21,22)14-9-12(7-8-13(14)23-4)15-10(2)17-16(25-15)18-11(3)20/h7-9H,6H2,1-5H3,(H,17,18,20). The summed E-state index contributed by atoms with van der Waals surface area (Å²) in [5, 5.41) is 3.09. The topological polar surface area (TPSA) is 97.8 Å². The van der Waals surface area contributed by atoms with Crippen LogP contribution in [0.2, 0.25) is 0 Å². The van der Waals surface area contributed by atoms with Gasteiger partial charge in [-0.3, -0.25) is 9.63 Å². The summed E-state index contributed by atoms with van der Waals surface area (Å²) in [6, 6.07) is 4.86. The number of hydrogen-bond donors (Lipinski definition) is 1. The minimum atomic E-state index is -3.90. The monoisotopic (exact) mass is 399 g/mol. The maximum atomic E-state index is 12.8. The van der Waals surface area contributed by atoms with Gasteiger partial charge in [-0.15, -0.1) is 0 Å². The second kappa shape index (κ2) is 8.12. The van der Waals surface area contributed by atoms with Gasteiger partial charge >= 0.3 is 0 Å². The SMILES string of the molecule is CCN(OC)S(=O)(=O)c1cc(-c2sc(NC(C)=O)nc2C)ccc1OC. The number of carbonyl (C=O) groups excluding carboxylic acids is 1. The highest BCUT2D eigenvalue weighted by Gasteiger charge is 2.28. The summed E-state index contributed by atoms with van der Waals surface area (Å²) >= 11 is 1.27. The number of nitrogens with zero attached hydrogens (tertiary/aromatic N) is 2. The van der Waals surface area contributed by atoms with E-state index in [1.54, 1.807) is 26.0 Å². The zero-order chi connectivity index (χ0) is 19.5. The Balaban J connectivity index is 2.58. The summed E-state index contributed by atoms with van der Waals surface area (Å²) in [4.78, 5) is 21.2. The van der Waals surface area contributed by atoms with Gasteiger partial charge in [0.1, 0.15) is 10.6 Å². The predicted molar refractivity (Wildman–Crippen MR) is 99.7 cm³/mol. The number of methoxy groups -OCH3 is 1. The van der Waals surface area contributed by atoms with Crippen molar-refractivity contribution in [1.29, 1.82) is 0 Å². The lowest BCUT2D eigenvalue weighted by Gasteiger charge is -2.19. The van der Waals surface area contributed by atoms with Crippen molar-refractivity contribution in [2.24, 2.45) is 0 Å². The molecule has 0 radical (unpaired) electrons. The third-order valence-electron chi connectivity index (χ3n) is 3.51. The Morgan fingerprint density at radius 1 is 1.35 bits per heavy atom. The molecule has 2 rings (SSSR count). The van der Waals surface area contributed by atoms with Crippen LogP contribution in [0.1, 0.15) is 19.5 Å². The van der Waals surface area contributed by atoms with Crippen molar-refractivity contribution in [3.63, 3.8) is 0 Å². The maximum absolute atomic E-state index is 12.8. The normalized spacial score (nSPS) is 11.6. The van der Waals surface area contributed by atoms with Crippen LogP contribution in [0.3, 0.4) is 0 Å². The van der Waals surface area contributed by atoms with Crippen molar-refractivity contribution < 1.29 is 22.8 Å². The highest BCUT2D eigenvalue weighted by Crippen LogP contribution is 2.37. The van der Waals surface area contributed by atoms with Gasteiger partial charge in [0, 0.05) is 13.5 Å². The number of nitrogens with one attached hydrogen (secondary N) is 1. The average molecular weight is 399 g/mol. The number of sulfonamides is 1. The quantitative estimate of drug-likeness (QED) is 0.719. The molecule has 10 heteroatoms. The Labute approximate surface area is 156 Å². The molecule has 1 aromatic carbocycles. The number of anilines is 1. The van der Waals surface area contributed by atoms with Crippen molar-refractivity contribution in [2.45, 2.75) is 25.7 Å². The molecule has 0 aliphatic heterocycles. The molecular formula is C16H21N3O5S2. The van der Waals surface area contributed by atoms with Gasteiger partial charge in [-0.1, -0.05) is 15.8 Å². The van der Waals surface area contributed by atoms with E-state index in [1.165, 1.54) is 38.5 Å². The van der Waals surface area contributed by atoms with Crippen molar-refractivity contribution in [1.82, 2.24) is 9.45 Å². The third-order valence-corrected chi connectivity index (χ3v) is 6.45. The largest absolute Gasteiger partial charge is 0.495 e. The zero-order valence-corrected chi connectivity index (χ0v) is 16.8. The molecule has 0 spiro atoms. The molecule has 0 saturated heterocycles. The first-order valence-electron chi connectivity index (χ1n) is 7.74. The molecule has 0 aliphatic rings. The summed E-state index contributed by atoms with van der Waals surface area (Å²) in [5.74, 6) is -0.00418. The van der Waals surface area contributed by atoms with Gasteiger partial charge in [0.05, 0.1) is 24.8 Å². The van der Waals surface area contributed by atoms with E-state index < -0.39 is 10.0 Å². The molecule has 1 heterocycles. The third kappa shape index (κ3) is 4.04. The molecule has 1 N–H and O–H groups in total. The van der Waals surface area contributed by atoms with Crippen LogP contribution in [0.5, 0.6) is 5.75 Å². The molecule has 0 atom stereocenters. The van der Waals surface area contributed by atoms with E-state index in [2.05, 4.69) is 10.3 Å².